The van der Waals surface area contributed by atoms with E-state index in [0.29, 0.717) is 0 Å². The Morgan fingerprint density at radius 2 is 2.08 bits per heavy atom. The number of hydrogen-bond acceptors (Lipinski definition) is 2. The Bertz CT molecular complexity index is 329. The van der Waals surface area contributed by atoms with Crippen LogP contribution in [0.2, 0.25) is 0 Å². The summed E-state index contributed by atoms with van der Waals surface area (Å²) in [7, 11) is 0. The molecule has 0 amide bonds. The average molecular weight is 193 g/mol. The van der Waals surface area contributed by atoms with Crippen molar-refractivity contribution >= 4 is 11.8 Å². The average Bonchev–Trinajstić information content (AvgIpc) is 2.84. The second-order valence-electron chi connectivity index (χ2n) is 3.84. The van der Waals surface area contributed by atoms with Crippen LogP contribution in [0, 0.1) is 6.92 Å². The van der Waals surface area contributed by atoms with Crippen LogP contribution >= 0.6 is 11.8 Å². The lowest BCUT2D eigenvalue weighted by molar-refractivity contribution is 0.732. The number of rotatable bonds is 2. The van der Waals surface area contributed by atoms with Crippen molar-refractivity contribution in [3.05, 3.63) is 29.3 Å². The SMILES string of the molecule is CSc1ccc(C2(N)CC2)c(C)c1. The van der Waals surface area contributed by atoms with Crippen molar-refractivity contribution in [2.75, 3.05) is 6.26 Å². The quantitative estimate of drug-likeness (QED) is 0.731. The molecule has 0 saturated heterocycles. The summed E-state index contributed by atoms with van der Waals surface area (Å²) in [4.78, 5) is 1.32. The highest BCUT2D eigenvalue weighted by molar-refractivity contribution is 7.98. The Kier molecular flexibility index (Phi) is 2.12. The molecule has 1 aliphatic rings. The van der Waals surface area contributed by atoms with Crippen molar-refractivity contribution in [2.45, 2.75) is 30.2 Å². The van der Waals surface area contributed by atoms with Crippen LogP contribution < -0.4 is 5.73 Å². The van der Waals surface area contributed by atoms with E-state index >= 15 is 0 Å². The van der Waals surface area contributed by atoms with Crippen molar-refractivity contribution in [1.82, 2.24) is 0 Å². The molecule has 0 heterocycles. The van der Waals surface area contributed by atoms with Crippen LogP contribution in [-0.2, 0) is 5.54 Å². The fourth-order valence-corrected chi connectivity index (χ4v) is 2.22. The summed E-state index contributed by atoms with van der Waals surface area (Å²) in [6.45, 7) is 2.15. The monoisotopic (exact) mass is 193 g/mol. The summed E-state index contributed by atoms with van der Waals surface area (Å²) in [6.07, 6.45) is 4.39. The van der Waals surface area contributed by atoms with Crippen LogP contribution in [-0.4, -0.2) is 6.26 Å². The summed E-state index contributed by atoms with van der Waals surface area (Å²) < 4.78 is 0. The van der Waals surface area contributed by atoms with Gasteiger partial charge >= 0.3 is 0 Å². The van der Waals surface area contributed by atoms with E-state index in [1.165, 1.54) is 16.0 Å². The largest absolute Gasteiger partial charge is 0.321 e. The molecule has 0 aromatic heterocycles. The van der Waals surface area contributed by atoms with Crippen molar-refractivity contribution in [2.24, 2.45) is 5.73 Å². The number of nitrogens with two attached hydrogens (primary N) is 1. The highest BCUT2D eigenvalue weighted by Crippen LogP contribution is 2.44. The smallest absolute Gasteiger partial charge is 0.0413 e. The lowest BCUT2D eigenvalue weighted by atomic mass is 10.0. The molecule has 13 heavy (non-hydrogen) atoms. The zero-order chi connectivity index (χ0) is 9.47. The molecule has 1 nitrogen and oxygen atoms in total. The minimum atomic E-state index is 0.0149. The van der Waals surface area contributed by atoms with Crippen molar-refractivity contribution < 1.29 is 0 Å². The predicted octanol–water partition coefficient (Wildman–Crippen LogP) is 2.66. The van der Waals surface area contributed by atoms with Crippen LogP contribution in [0.3, 0.4) is 0 Å². The van der Waals surface area contributed by atoms with Gasteiger partial charge in [0.2, 0.25) is 0 Å². The molecule has 1 aliphatic carbocycles. The van der Waals surface area contributed by atoms with Gasteiger partial charge in [-0.05, 0) is 49.3 Å². The predicted molar refractivity (Wildman–Crippen MR) is 58.1 cm³/mol. The van der Waals surface area contributed by atoms with Gasteiger partial charge in [0.05, 0.1) is 0 Å². The molecule has 0 aliphatic heterocycles. The molecule has 1 fully saturated rings. The van der Waals surface area contributed by atoms with Crippen LogP contribution in [0.5, 0.6) is 0 Å². The fourth-order valence-electron chi connectivity index (χ4n) is 1.73. The zero-order valence-electron chi connectivity index (χ0n) is 8.13. The molecule has 70 valence electrons. The molecule has 0 radical (unpaired) electrons. The van der Waals surface area contributed by atoms with Gasteiger partial charge < -0.3 is 5.73 Å². The van der Waals surface area contributed by atoms with Crippen LogP contribution in [0.25, 0.3) is 0 Å². The van der Waals surface area contributed by atoms with E-state index in [1.807, 2.05) is 0 Å². The Balaban J connectivity index is 2.38. The van der Waals surface area contributed by atoms with Crippen LogP contribution in [0.1, 0.15) is 24.0 Å². The number of benzene rings is 1. The van der Waals surface area contributed by atoms with E-state index in [-0.39, 0.29) is 5.54 Å². The van der Waals surface area contributed by atoms with Gasteiger partial charge in [-0.1, -0.05) is 6.07 Å². The Morgan fingerprint density at radius 3 is 2.54 bits per heavy atom. The molecule has 2 rings (SSSR count). The van der Waals surface area contributed by atoms with Gasteiger partial charge in [-0.3, -0.25) is 0 Å². The Morgan fingerprint density at radius 1 is 1.38 bits per heavy atom. The second kappa shape index (κ2) is 3.03. The molecule has 0 bridgehead atoms. The minimum Gasteiger partial charge on any atom is -0.321 e. The third-order valence-electron chi connectivity index (χ3n) is 2.76. The third kappa shape index (κ3) is 1.61. The van der Waals surface area contributed by atoms with Gasteiger partial charge in [0, 0.05) is 10.4 Å². The molecule has 1 aromatic rings. The molecular weight excluding hydrogens is 178 g/mol. The van der Waals surface area contributed by atoms with Crippen molar-refractivity contribution in [3.63, 3.8) is 0 Å². The van der Waals surface area contributed by atoms with Gasteiger partial charge in [0.25, 0.3) is 0 Å². The molecule has 1 saturated carbocycles. The maximum Gasteiger partial charge on any atom is 0.0413 e. The molecule has 0 unspecified atom stereocenters. The maximum absolute atomic E-state index is 6.15. The Hall–Kier alpha value is -0.470. The van der Waals surface area contributed by atoms with Gasteiger partial charge in [-0.25, -0.2) is 0 Å². The van der Waals surface area contributed by atoms with E-state index in [0.717, 1.165) is 12.8 Å². The maximum atomic E-state index is 6.15. The lowest BCUT2D eigenvalue weighted by Crippen LogP contribution is -2.19. The molecule has 1 aromatic carbocycles. The van der Waals surface area contributed by atoms with Gasteiger partial charge in [-0.15, -0.1) is 11.8 Å². The molecular formula is C11H15NS. The minimum absolute atomic E-state index is 0.0149. The molecule has 0 spiro atoms. The number of thioether (sulfide) groups is 1. The zero-order valence-corrected chi connectivity index (χ0v) is 8.95. The first-order valence-corrected chi connectivity index (χ1v) is 5.82. The second-order valence-corrected chi connectivity index (χ2v) is 4.72. The van der Waals surface area contributed by atoms with Gasteiger partial charge in [-0.2, -0.15) is 0 Å². The summed E-state index contributed by atoms with van der Waals surface area (Å²) >= 11 is 1.78. The normalized spacial score (nSPS) is 18.7. The first-order chi connectivity index (χ1) is 6.15. The lowest BCUT2D eigenvalue weighted by Gasteiger charge is -2.13. The molecule has 2 N–H and O–H groups in total. The number of aryl methyl sites for hydroxylation is 1. The fraction of sp³-hybridized carbons (Fsp3) is 0.455. The first kappa shape index (κ1) is 9.10. The van der Waals surface area contributed by atoms with Crippen LogP contribution in [0.4, 0.5) is 0 Å². The van der Waals surface area contributed by atoms with Crippen LogP contribution in [0.15, 0.2) is 23.1 Å². The van der Waals surface area contributed by atoms with Gasteiger partial charge in [0.15, 0.2) is 0 Å². The molecule has 0 atom stereocenters. The van der Waals surface area contributed by atoms with E-state index in [1.54, 1.807) is 11.8 Å². The first-order valence-electron chi connectivity index (χ1n) is 4.60. The van der Waals surface area contributed by atoms with Crippen molar-refractivity contribution in [1.29, 1.82) is 0 Å². The van der Waals surface area contributed by atoms with E-state index in [9.17, 15) is 0 Å². The summed E-state index contributed by atoms with van der Waals surface area (Å²) in [6, 6.07) is 6.58. The van der Waals surface area contributed by atoms with Gasteiger partial charge in [0.1, 0.15) is 0 Å². The van der Waals surface area contributed by atoms with E-state index < -0.39 is 0 Å². The summed E-state index contributed by atoms with van der Waals surface area (Å²) in [5.74, 6) is 0. The summed E-state index contributed by atoms with van der Waals surface area (Å²) in [5, 5.41) is 0. The summed E-state index contributed by atoms with van der Waals surface area (Å²) in [5.41, 5.74) is 8.85. The topological polar surface area (TPSA) is 26.0 Å². The van der Waals surface area contributed by atoms with Crippen molar-refractivity contribution in [3.8, 4) is 0 Å². The highest BCUT2D eigenvalue weighted by atomic mass is 32.2. The standard InChI is InChI=1S/C11H15NS/c1-8-7-9(13-2)3-4-10(8)11(12)5-6-11/h3-4,7H,5-6,12H2,1-2H3. The molecule has 2 heteroatoms. The highest BCUT2D eigenvalue weighted by Gasteiger charge is 2.40. The van der Waals surface area contributed by atoms with E-state index in [4.69, 9.17) is 5.73 Å². The Labute approximate surface area is 83.7 Å². The van der Waals surface area contributed by atoms with E-state index in [2.05, 4.69) is 31.4 Å². The third-order valence-corrected chi connectivity index (χ3v) is 3.48. The number of hydrogen-bond donors (Lipinski definition) is 1.